The zero-order valence-electron chi connectivity index (χ0n) is 10.0. The molecule has 0 saturated carbocycles. The molecule has 0 N–H and O–H groups in total. The van der Waals surface area contributed by atoms with Crippen LogP contribution < -0.4 is 9.47 Å². The van der Waals surface area contributed by atoms with E-state index in [1.807, 2.05) is 13.8 Å². The fraction of sp³-hybridized carbons (Fsp3) is 0.308. The minimum atomic E-state index is -0.0443. The van der Waals surface area contributed by atoms with Crippen molar-refractivity contribution in [3.63, 3.8) is 0 Å². The number of carbonyl (C=O) groups is 1. The smallest absolute Gasteiger partial charge is 0.186 e. The fourth-order valence-corrected chi connectivity index (χ4v) is 1.30. The predicted octanol–water partition coefficient (Wildman–Crippen LogP) is 2.85. The summed E-state index contributed by atoms with van der Waals surface area (Å²) in [5.74, 6) is 1.19. The van der Waals surface area contributed by atoms with Gasteiger partial charge >= 0.3 is 0 Å². The van der Waals surface area contributed by atoms with Crippen LogP contribution in [0.5, 0.6) is 11.5 Å². The first-order valence-electron chi connectivity index (χ1n) is 4.99. The van der Waals surface area contributed by atoms with Crippen molar-refractivity contribution < 1.29 is 14.3 Å². The summed E-state index contributed by atoms with van der Waals surface area (Å²) in [6.45, 7) is 3.77. The number of ketones is 1. The highest BCUT2D eigenvalue weighted by atomic mass is 16.5. The Labute approximate surface area is 95.7 Å². The molecule has 0 aliphatic heterocycles. The quantitative estimate of drug-likeness (QED) is 0.578. The number of ether oxygens (including phenoxy) is 2. The average molecular weight is 220 g/mol. The van der Waals surface area contributed by atoms with Gasteiger partial charge in [0.05, 0.1) is 14.2 Å². The van der Waals surface area contributed by atoms with Gasteiger partial charge in [0, 0.05) is 11.6 Å². The van der Waals surface area contributed by atoms with Crippen molar-refractivity contribution in [2.24, 2.45) is 0 Å². The third-order valence-electron chi connectivity index (χ3n) is 2.06. The molecule has 0 unspecified atom stereocenters. The van der Waals surface area contributed by atoms with Crippen molar-refractivity contribution in [2.75, 3.05) is 14.2 Å². The first kappa shape index (κ1) is 12.3. The minimum Gasteiger partial charge on any atom is -0.497 e. The summed E-state index contributed by atoms with van der Waals surface area (Å²) < 4.78 is 10.2. The van der Waals surface area contributed by atoms with Crippen LogP contribution in [0.2, 0.25) is 0 Å². The molecule has 3 heteroatoms. The first-order valence-corrected chi connectivity index (χ1v) is 4.99. The Bertz CT molecular complexity index is 393. The predicted molar refractivity (Wildman–Crippen MR) is 63.3 cm³/mol. The second kappa shape index (κ2) is 5.35. The molecule has 1 aromatic carbocycles. The number of carbonyl (C=O) groups excluding carboxylic acids is 1. The molecule has 0 aromatic heterocycles. The maximum absolute atomic E-state index is 11.8. The number of methoxy groups -OCH3 is 2. The van der Waals surface area contributed by atoms with E-state index in [0.29, 0.717) is 17.1 Å². The summed E-state index contributed by atoms with van der Waals surface area (Å²) in [7, 11) is 3.12. The van der Waals surface area contributed by atoms with Crippen LogP contribution in [0.3, 0.4) is 0 Å². The maximum Gasteiger partial charge on any atom is 0.186 e. The second-order valence-corrected chi connectivity index (χ2v) is 3.69. The monoisotopic (exact) mass is 220 g/mol. The van der Waals surface area contributed by atoms with Crippen LogP contribution in [0.15, 0.2) is 29.8 Å². The first-order chi connectivity index (χ1) is 7.56. The van der Waals surface area contributed by atoms with E-state index < -0.39 is 0 Å². The van der Waals surface area contributed by atoms with Crippen molar-refractivity contribution >= 4 is 5.78 Å². The Balaban J connectivity index is 3.13. The van der Waals surface area contributed by atoms with Gasteiger partial charge in [0.25, 0.3) is 0 Å². The molecule has 0 saturated heterocycles. The molecule has 1 rings (SSSR count). The summed E-state index contributed by atoms with van der Waals surface area (Å²) in [6, 6.07) is 5.13. The molecule has 0 fully saturated rings. The zero-order valence-corrected chi connectivity index (χ0v) is 10.0. The van der Waals surface area contributed by atoms with Crippen LogP contribution in [-0.2, 0) is 0 Å². The van der Waals surface area contributed by atoms with Crippen LogP contribution in [0.25, 0.3) is 0 Å². The van der Waals surface area contributed by atoms with Crippen molar-refractivity contribution in [1.82, 2.24) is 0 Å². The van der Waals surface area contributed by atoms with E-state index in [0.717, 1.165) is 5.57 Å². The standard InChI is InChI=1S/C13H16O3/c1-9(2)5-13(14)10-6-11(15-3)8-12(7-10)16-4/h5-8H,1-4H3. The summed E-state index contributed by atoms with van der Waals surface area (Å²) in [5.41, 5.74) is 1.53. The van der Waals surface area contributed by atoms with Crippen molar-refractivity contribution in [3.8, 4) is 11.5 Å². The van der Waals surface area contributed by atoms with E-state index in [2.05, 4.69) is 0 Å². The van der Waals surface area contributed by atoms with Gasteiger partial charge < -0.3 is 9.47 Å². The molecule has 16 heavy (non-hydrogen) atoms. The Kier molecular flexibility index (Phi) is 4.11. The molecule has 1 aromatic rings. The van der Waals surface area contributed by atoms with Crippen LogP contribution in [0.1, 0.15) is 24.2 Å². The molecule has 3 nitrogen and oxygen atoms in total. The largest absolute Gasteiger partial charge is 0.497 e. The topological polar surface area (TPSA) is 35.5 Å². The van der Waals surface area contributed by atoms with Crippen molar-refractivity contribution in [1.29, 1.82) is 0 Å². The molecule has 0 heterocycles. The molecule has 0 atom stereocenters. The van der Waals surface area contributed by atoms with E-state index in [1.165, 1.54) is 0 Å². The zero-order chi connectivity index (χ0) is 12.1. The third kappa shape index (κ3) is 3.12. The minimum absolute atomic E-state index is 0.0443. The Morgan fingerprint density at radius 1 is 1.06 bits per heavy atom. The van der Waals surface area contributed by atoms with E-state index in [1.54, 1.807) is 38.5 Å². The van der Waals surface area contributed by atoms with Gasteiger partial charge in [-0.25, -0.2) is 0 Å². The molecular weight excluding hydrogens is 204 g/mol. The van der Waals surface area contributed by atoms with Gasteiger partial charge in [-0.1, -0.05) is 5.57 Å². The summed E-state index contributed by atoms with van der Waals surface area (Å²) in [6.07, 6.45) is 1.59. The average Bonchev–Trinajstić information content (AvgIpc) is 2.27. The Morgan fingerprint density at radius 3 is 1.94 bits per heavy atom. The lowest BCUT2D eigenvalue weighted by Gasteiger charge is -2.06. The van der Waals surface area contributed by atoms with E-state index in [9.17, 15) is 4.79 Å². The number of benzene rings is 1. The van der Waals surface area contributed by atoms with Crippen LogP contribution >= 0.6 is 0 Å². The number of hydrogen-bond acceptors (Lipinski definition) is 3. The lowest BCUT2D eigenvalue weighted by Crippen LogP contribution is -1.97. The maximum atomic E-state index is 11.8. The normalized spacial score (nSPS) is 9.50. The van der Waals surface area contributed by atoms with Crippen LogP contribution in [-0.4, -0.2) is 20.0 Å². The Morgan fingerprint density at radius 2 is 1.56 bits per heavy atom. The van der Waals surface area contributed by atoms with Gasteiger partial charge in [0.15, 0.2) is 5.78 Å². The van der Waals surface area contributed by atoms with Gasteiger partial charge in [-0.2, -0.15) is 0 Å². The van der Waals surface area contributed by atoms with Gasteiger partial charge in [-0.15, -0.1) is 0 Å². The van der Waals surface area contributed by atoms with Crippen LogP contribution in [0, 0.1) is 0 Å². The lowest BCUT2D eigenvalue weighted by atomic mass is 10.1. The number of hydrogen-bond donors (Lipinski definition) is 0. The molecule has 0 spiro atoms. The summed E-state index contributed by atoms with van der Waals surface area (Å²) in [4.78, 5) is 11.8. The molecule has 0 radical (unpaired) electrons. The van der Waals surface area contributed by atoms with Crippen molar-refractivity contribution in [3.05, 3.63) is 35.4 Å². The molecular formula is C13H16O3. The number of rotatable bonds is 4. The number of allylic oxidation sites excluding steroid dienone is 2. The summed E-state index contributed by atoms with van der Waals surface area (Å²) >= 11 is 0. The highest BCUT2D eigenvalue weighted by Crippen LogP contribution is 2.23. The lowest BCUT2D eigenvalue weighted by molar-refractivity contribution is 0.104. The summed E-state index contributed by atoms with van der Waals surface area (Å²) in [5, 5.41) is 0. The SMILES string of the molecule is COc1cc(OC)cc(C(=O)C=C(C)C)c1. The Hall–Kier alpha value is -1.77. The fourth-order valence-electron chi connectivity index (χ4n) is 1.30. The van der Waals surface area contributed by atoms with Gasteiger partial charge in [-0.05, 0) is 32.1 Å². The molecule has 86 valence electrons. The van der Waals surface area contributed by atoms with Crippen LogP contribution in [0.4, 0.5) is 0 Å². The molecule has 0 bridgehead atoms. The molecule has 0 amide bonds. The van der Waals surface area contributed by atoms with Crippen molar-refractivity contribution in [2.45, 2.75) is 13.8 Å². The van der Waals surface area contributed by atoms with E-state index >= 15 is 0 Å². The van der Waals surface area contributed by atoms with E-state index in [4.69, 9.17) is 9.47 Å². The van der Waals surface area contributed by atoms with Gasteiger partial charge in [0.1, 0.15) is 11.5 Å². The van der Waals surface area contributed by atoms with Gasteiger partial charge in [0.2, 0.25) is 0 Å². The highest BCUT2D eigenvalue weighted by Gasteiger charge is 2.07. The molecule has 0 aliphatic rings. The highest BCUT2D eigenvalue weighted by molar-refractivity contribution is 6.05. The second-order valence-electron chi connectivity index (χ2n) is 3.69. The van der Waals surface area contributed by atoms with Gasteiger partial charge in [-0.3, -0.25) is 4.79 Å². The molecule has 0 aliphatic carbocycles. The van der Waals surface area contributed by atoms with E-state index in [-0.39, 0.29) is 5.78 Å². The third-order valence-corrected chi connectivity index (χ3v) is 2.06.